The van der Waals surface area contributed by atoms with Crippen molar-refractivity contribution >= 4 is 27.3 Å². The van der Waals surface area contributed by atoms with Crippen LogP contribution in [0.4, 0.5) is 4.39 Å². The lowest BCUT2D eigenvalue weighted by Gasteiger charge is -2.24. The highest BCUT2D eigenvalue weighted by atomic mass is 79.9. The Morgan fingerprint density at radius 2 is 2.05 bits per heavy atom. The van der Waals surface area contributed by atoms with Crippen molar-refractivity contribution in [2.75, 3.05) is 0 Å². The van der Waals surface area contributed by atoms with Gasteiger partial charge in [0, 0.05) is 15.4 Å². The Labute approximate surface area is 125 Å². The van der Waals surface area contributed by atoms with Crippen LogP contribution in [0.15, 0.2) is 28.1 Å². The minimum Gasteiger partial charge on any atom is -0.322 e. The monoisotopic (exact) mass is 342 g/mol. The van der Waals surface area contributed by atoms with Crippen LogP contribution in [-0.2, 0) is 0 Å². The molecule has 2 rings (SSSR count). The molecule has 2 N–H and O–H groups in total. The van der Waals surface area contributed by atoms with Crippen LogP contribution in [-0.4, -0.2) is 4.98 Å². The topological polar surface area (TPSA) is 38.9 Å². The van der Waals surface area contributed by atoms with Crippen LogP contribution in [0.25, 0.3) is 11.3 Å². The Morgan fingerprint density at radius 1 is 1.37 bits per heavy atom. The molecule has 5 heteroatoms. The predicted molar refractivity (Wildman–Crippen MR) is 81.6 cm³/mol. The van der Waals surface area contributed by atoms with Crippen molar-refractivity contribution in [1.82, 2.24) is 4.98 Å². The van der Waals surface area contributed by atoms with Gasteiger partial charge in [0.15, 0.2) is 0 Å². The number of hydrogen-bond donors (Lipinski definition) is 1. The average Bonchev–Trinajstić information content (AvgIpc) is 2.79. The van der Waals surface area contributed by atoms with Gasteiger partial charge in [0.1, 0.15) is 10.8 Å². The first-order chi connectivity index (χ1) is 8.79. The molecule has 0 saturated carbocycles. The van der Waals surface area contributed by atoms with Crippen molar-refractivity contribution in [3.63, 3.8) is 0 Å². The second-order valence-corrected chi connectivity index (χ2v) is 7.34. The maximum Gasteiger partial charge on any atom is 0.132 e. The Bertz CT molecular complexity index is 589. The molecule has 19 heavy (non-hydrogen) atoms. The van der Waals surface area contributed by atoms with Gasteiger partial charge in [0.05, 0.1) is 11.7 Å². The number of rotatable bonds is 2. The van der Waals surface area contributed by atoms with Gasteiger partial charge in [-0.25, -0.2) is 9.37 Å². The molecule has 0 bridgehead atoms. The second kappa shape index (κ2) is 5.31. The van der Waals surface area contributed by atoms with Gasteiger partial charge in [0.2, 0.25) is 0 Å². The van der Waals surface area contributed by atoms with Crippen molar-refractivity contribution < 1.29 is 4.39 Å². The van der Waals surface area contributed by atoms with Gasteiger partial charge in [-0.2, -0.15) is 0 Å². The first-order valence-electron chi connectivity index (χ1n) is 5.95. The molecule has 0 fully saturated rings. The number of nitrogens with zero attached hydrogens (tertiary/aromatic N) is 1. The Balaban J connectivity index is 2.39. The highest BCUT2D eigenvalue weighted by Crippen LogP contribution is 2.35. The zero-order chi connectivity index (χ0) is 14.2. The summed E-state index contributed by atoms with van der Waals surface area (Å²) >= 11 is 4.82. The standard InChI is InChI=1S/C14H16BrFN2S/c1-14(2,3)12(17)13-18-11(7-19-13)9-6-8(15)4-5-10(9)16/h4-7,12H,17H2,1-3H3. The summed E-state index contributed by atoms with van der Waals surface area (Å²) in [5, 5.41) is 2.69. The van der Waals surface area contributed by atoms with Crippen LogP contribution in [0.2, 0.25) is 0 Å². The summed E-state index contributed by atoms with van der Waals surface area (Å²) in [4.78, 5) is 4.48. The van der Waals surface area contributed by atoms with E-state index in [1.165, 1.54) is 17.4 Å². The molecule has 1 heterocycles. The summed E-state index contributed by atoms with van der Waals surface area (Å²) in [6.07, 6.45) is 0. The van der Waals surface area contributed by atoms with E-state index in [0.29, 0.717) is 11.3 Å². The second-order valence-electron chi connectivity index (χ2n) is 5.54. The van der Waals surface area contributed by atoms with Crippen LogP contribution in [0.5, 0.6) is 0 Å². The lowest BCUT2D eigenvalue weighted by atomic mass is 9.88. The third kappa shape index (κ3) is 3.22. The Morgan fingerprint density at radius 3 is 2.68 bits per heavy atom. The Hall–Kier alpha value is -0.780. The smallest absolute Gasteiger partial charge is 0.132 e. The van der Waals surface area contributed by atoms with Gasteiger partial charge in [0.25, 0.3) is 0 Å². The van der Waals surface area contributed by atoms with Crippen molar-refractivity contribution in [2.45, 2.75) is 26.8 Å². The Kier molecular flexibility index (Phi) is 4.08. The maximum atomic E-state index is 13.8. The normalized spacial score (nSPS) is 13.6. The number of thiazole rings is 1. The van der Waals surface area contributed by atoms with E-state index in [4.69, 9.17) is 5.73 Å². The molecule has 102 valence electrons. The van der Waals surface area contributed by atoms with Gasteiger partial charge >= 0.3 is 0 Å². The summed E-state index contributed by atoms with van der Waals surface area (Å²) in [5.41, 5.74) is 7.25. The molecule has 0 amide bonds. The molecule has 0 aliphatic heterocycles. The molecular weight excluding hydrogens is 327 g/mol. The predicted octanol–water partition coefficient (Wildman–Crippen LogP) is 4.76. The molecule has 1 aromatic carbocycles. The van der Waals surface area contributed by atoms with E-state index in [-0.39, 0.29) is 17.3 Å². The molecule has 0 spiro atoms. The summed E-state index contributed by atoms with van der Waals surface area (Å²) in [7, 11) is 0. The van der Waals surface area contributed by atoms with Crippen LogP contribution < -0.4 is 5.73 Å². The molecule has 0 aliphatic rings. The quantitative estimate of drug-likeness (QED) is 0.854. The fourth-order valence-corrected chi connectivity index (χ4v) is 3.04. The van der Waals surface area contributed by atoms with Gasteiger partial charge in [-0.15, -0.1) is 11.3 Å². The minimum atomic E-state index is -0.274. The van der Waals surface area contributed by atoms with E-state index in [0.717, 1.165) is 9.48 Å². The molecule has 0 aliphatic carbocycles. The molecular formula is C14H16BrFN2S. The molecule has 2 aromatic rings. The highest BCUT2D eigenvalue weighted by molar-refractivity contribution is 9.10. The molecule has 1 aromatic heterocycles. The van der Waals surface area contributed by atoms with Crippen LogP contribution >= 0.6 is 27.3 Å². The summed E-state index contributed by atoms with van der Waals surface area (Å²) in [5.74, 6) is -0.274. The summed E-state index contributed by atoms with van der Waals surface area (Å²) < 4.78 is 14.6. The molecule has 2 nitrogen and oxygen atoms in total. The molecule has 0 saturated heterocycles. The summed E-state index contributed by atoms with van der Waals surface area (Å²) in [6.45, 7) is 6.20. The van der Waals surface area contributed by atoms with Gasteiger partial charge in [-0.05, 0) is 23.6 Å². The van der Waals surface area contributed by atoms with Gasteiger partial charge in [-0.1, -0.05) is 36.7 Å². The fourth-order valence-electron chi connectivity index (χ4n) is 1.62. The molecule has 1 unspecified atom stereocenters. The number of nitrogens with two attached hydrogens (primary N) is 1. The molecule has 1 atom stereocenters. The maximum absolute atomic E-state index is 13.8. The SMILES string of the molecule is CC(C)(C)C(N)c1nc(-c2cc(Br)ccc2F)cs1. The molecule has 0 radical (unpaired) electrons. The first kappa shape index (κ1) is 14.6. The third-order valence-electron chi connectivity index (χ3n) is 2.93. The zero-order valence-corrected chi connectivity index (χ0v) is 13.5. The summed E-state index contributed by atoms with van der Waals surface area (Å²) in [6, 6.07) is 4.69. The first-order valence-corrected chi connectivity index (χ1v) is 7.63. The van der Waals surface area contributed by atoms with Gasteiger partial charge < -0.3 is 5.73 Å². The highest BCUT2D eigenvalue weighted by Gasteiger charge is 2.25. The van der Waals surface area contributed by atoms with Crippen LogP contribution in [0.1, 0.15) is 31.8 Å². The zero-order valence-electron chi connectivity index (χ0n) is 11.1. The third-order valence-corrected chi connectivity index (χ3v) is 4.35. The van der Waals surface area contributed by atoms with E-state index in [1.807, 2.05) is 5.38 Å². The lowest BCUT2D eigenvalue weighted by molar-refractivity contribution is 0.326. The van der Waals surface area contributed by atoms with Crippen molar-refractivity contribution in [3.8, 4) is 11.3 Å². The fraction of sp³-hybridized carbons (Fsp3) is 0.357. The van der Waals surface area contributed by atoms with Gasteiger partial charge in [-0.3, -0.25) is 0 Å². The number of benzene rings is 1. The van der Waals surface area contributed by atoms with Crippen LogP contribution in [0.3, 0.4) is 0 Å². The van der Waals surface area contributed by atoms with E-state index in [9.17, 15) is 4.39 Å². The average molecular weight is 343 g/mol. The van der Waals surface area contributed by atoms with E-state index >= 15 is 0 Å². The van der Waals surface area contributed by atoms with E-state index in [2.05, 4.69) is 41.7 Å². The largest absolute Gasteiger partial charge is 0.322 e. The number of aromatic nitrogens is 1. The minimum absolute atomic E-state index is 0.0645. The van der Waals surface area contributed by atoms with E-state index in [1.54, 1.807) is 12.1 Å². The number of halogens is 2. The van der Waals surface area contributed by atoms with Crippen molar-refractivity contribution in [1.29, 1.82) is 0 Å². The van der Waals surface area contributed by atoms with Crippen LogP contribution in [0, 0.1) is 11.2 Å². The van der Waals surface area contributed by atoms with E-state index < -0.39 is 0 Å². The van der Waals surface area contributed by atoms with Crippen molar-refractivity contribution in [2.24, 2.45) is 11.1 Å². The lowest BCUT2D eigenvalue weighted by Crippen LogP contribution is -2.26. The number of hydrogen-bond acceptors (Lipinski definition) is 3. The van der Waals surface area contributed by atoms with Crippen molar-refractivity contribution in [3.05, 3.63) is 38.9 Å².